The highest BCUT2D eigenvalue weighted by atomic mass is 35.5. The van der Waals surface area contributed by atoms with Crippen LogP contribution >= 0.6 is 11.6 Å². The fraction of sp³-hybridized carbons (Fsp3) is 0.192. The molecule has 0 saturated carbocycles. The van der Waals surface area contributed by atoms with E-state index in [0.29, 0.717) is 12.1 Å². The van der Waals surface area contributed by atoms with E-state index in [-0.39, 0.29) is 44.8 Å². The number of fused-ring (bicyclic) bond motifs is 3. The lowest BCUT2D eigenvalue weighted by Gasteiger charge is -2.32. The topological polar surface area (TPSA) is 90.5 Å². The second kappa shape index (κ2) is 10.3. The van der Waals surface area contributed by atoms with Crippen molar-refractivity contribution in [3.05, 3.63) is 86.9 Å². The standard InChI is InChI=1S/C26H16ClF7N4O3/c27-15-2-1-12(28)6-14(15)22-20-16(35-24(40)10-3-11(26(32,33)34)5-13(29)4-10)7-17-23(21(20)25(41)37-22)36-19(39)9-38(17)8-18(30)31/h1-7,18,22H,8-9H2,(H,35,40)(H,36,39)(H,37,41). The summed E-state index contributed by atoms with van der Waals surface area (Å²) in [5.41, 5.74) is -3.05. The van der Waals surface area contributed by atoms with Gasteiger partial charge in [-0.25, -0.2) is 17.6 Å². The molecule has 1 atom stereocenters. The molecule has 3 amide bonds. The van der Waals surface area contributed by atoms with Crippen LogP contribution in [0, 0.1) is 11.6 Å². The Morgan fingerprint density at radius 3 is 2.49 bits per heavy atom. The second-order valence-corrected chi connectivity index (χ2v) is 9.59. The van der Waals surface area contributed by atoms with Crippen molar-refractivity contribution in [1.82, 2.24) is 5.32 Å². The molecule has 3 aromatic rings. The first-order valence-corrected chi connectivity index (χ1v) is 12.1. The third kappa shape index (κ3) is 5.38. The van der Waals surface area contributed by atoms with E-state index in [1.165, 1.54) is 6.07 Å². The number of alkyl halides is 5. The highest BCUT2D eigenvalue weighted by Crippen LogP contribution is 2.47. The molecule has 2 aliphatic rings. The van der Waals surface area contributed by atoms with Crippen LogP contribution in [0.2, 0.25) is 5.02 Å². The van der Waals surface area contributed by atoms with Gasteiger partial charge in [-0.15, -0.1) is 0 Å². The number of carbonyl (C=O) groups excluding carboxylic acids is 3. The second-order valence-electron chi connectivity index (χ2n) is 9.18. The lowest BCUT2D eigenvalue weighted by atomic mass is 9.93. The number of hydrogen-bond donors (Lipinski definition) is 3. The van der Waals surface area contributed by atoms with Crippen LogP contribution in [0.3, 0.4) is 0 Å². The molecule has 7 nitrogen and oxygen atoms in total. The van der Waals surface area contributed by atoms with Gasteiger partial charge in [-0.2, -0.15) is 13.2 Å². The zero-order chi connectivity index (χ0) is 29.8. The van der Waals surface area contributed by atoms with Gasteiger partial charge in [0.25, 0.3) is 18.2 Å². The summed E-state index contributed by atoms with van der Waals surface area (Å²) in [6, 6.07) is 4.29. The average Bonchev–Trinajstić information content (AvgIpc) is 3.22. The molecule has 3 N–H and O–H groups in total. The Morgan fingerprint density at radius 1 is 1.07 bits per heavy atom. The van der Waals surface area contributed by atoms with Gasteiger partial charge in [0.05, 0.1) is 41.6 Å². The number of anilines is 3. The lowest BCUT2D eigenvalue weighted by Crippen LogP contribution is -2.41. The molecule has 0 bridgehead atoms. The lowest BCUT2D eigenvalue weighted by molar-refractivity contribution is -0.137. The molecule has 0 aromatic heterocycles. The maximum atomic E-state index is 14.2. The van der Waals surface area contributed by atoms with Gasteiger partial charge in [0, 0.05) is 27.4 Å². The van der Waals surface area contributed by atoms with E-state index in [2.05, 4.69) is 16.0 Å². The number of amides is 3. The van der Waals surface area contributed by atoms with Crippen LogP contribution in [0.25, 0.3) is 0 Å². The molecule has 15 heteroatoms. The van der Waals surface area contributed by atoms with Crippen LogP contribution < -0.4 is 20.9 Å². The smallest absolute Gasteiger partial charge is 0.355 e. The Balaban J connectivity index is 1.70. The minimum Gasteiger partial charge on any atom is -0.355 e. The van der Waals surface area contributed by atoms with Gasteiger partial charge in [-0.1, -0.05) is 11.6 Å². The van der Waals surface area contributed by atoms with Crippen molar-refractivity contribution >= 4 is 46.4 Å². The third-order valence-electron chi connectivity index (χ3n) is 6.44. The first-order chi connectivity index (χ1) is 19.2. The van der Waals surface area contributed by atoms with E-state index >= 15 is 0 Å². The van der Waals surface area contributed by atoms with Crippen LogP contribution in [0.5, 0.6) is 0 Å². The Morgan fingerprint density at radius 2 is 1.80 bits per heavy atom. The third-order valence-corrected chi connectivity index (χ3v) is 6.78. The zero-order valence-corrected chi connectivity index (χ0v) is 21.1. The fourth-order valence-electron chi connectivity index (χ4n) is 4.79. The number of halogens is 8. The Labute approximate surface area is 231 Å². The van der Waals surface area contributed by atoms with Crippen molar-refractivity contribution in [3.8, 4) is 0 Å². The maximum Gasteiger partial charge on any atom is 0.416 e. The minimum absolute atomic E-state index is 0.0112. The number of benzene rings is 3. The average molecular weight is 601 g/mol. The predicted molar refractivity (Wildman–Crippen MR) is 133 cm³/mol. The fourth-order valence-corrected chi connectivity index (χ4v) is 5.02. The molecule has 0 radical (unpaired) electrons. The molecule has 1 unspecified atom stereocenters. The summed E-state index contributed by atoms with van der Waals surface area (Å²) in [5, 5.41) is 7.32. The van der Waals surface area contributed by atoms with E-state index in [4.69, 9.17) is 11.6 Å². The summed E-state index contributed by atoms with van der Waals surface area (Å²) in [5.74, 6) is -4.90. The first-order valence-electron chi connectivity index (χ1n) is 11.7. The summed E-state index contributed by atoms with van der Waals surface area (Å²) < 4.78 is 94.7. The predicted octanol–water partition coefficient (Wildman–Crippen LogP) is 5.75. The van der Waals surface area contributed by atoms with Crippen LogP contribution in [0.1, 0.15) is 43.4 Å². The Hall–Kier alpha value is -4.33. The first kappa shape index (κ1) is 28.2. The van der Waals surface area contributed by atoms with Gasteiger partial charge in [0.2, 0.25) is 5.91 Å². The minimum atomic E-state index is -4.98. The molecule has 214 valence electrons. The molecule has 0 spiro atoms. The maximum absolute atomic E-state index is 14.2. The van der Waals surface area contributed by atoms with Crippen LogP contribution in [0.4, 0.5) is 47.8 Å². The van der Waals surface area contributed by atoms with Crippen molar-refractivity contribution in [2.45, 2.75) is 18.6 Å². The summed E-state index contributed by atoms with van der Waals surface area (Å²) in [6.07, 6.45) is -7.89. The summed E-state index contributed by atoms with van der Waals surface area (Å²) in [4.78, 5) is 39.7. The molecule has 3 aromatic carbocycles. The Bertz CT molecular complexity index is 1610. The highest BCUT2D eigenvalue weighted by Gasteiger charge is 2.41. The largest absolute Gasteiger partial charge is 0.416 e. The Kier molecular flexibility index (Phi) is 7.05. The van der Waals surface area contributed by atoms with Crippen LogP contribution in [-0.4, -0.2) is 37.2 Å². The van der Waals surface area contributed by atoms with E-state index in [9.17, 15) is 45.1 Å². The molecule has 2 aliphatic heterocycles. The normalized spacial score (nSPS) is 16.3. The van der Waals surface area contributed by atoms with Gasteiger partial charge in [-0.3, -0.25) is 14.4 Å². The number of hydrogen-bond acceptors (Lipinski definition) is 4. The van der Waals surface area contributed by atoms with Crippen molar-refractivity contribution in [1.29, 1.82) is 0 Å². The van der Waals surface area contributed by atoms with Crippen molar-refractivity contribution in [3.63, 3.8) is 0 Å². The number of carbonyl (C=O) groups is 3. The molecular formula is C26H16ClF7N4O3. The molecule has 0 fully saturated rings. The number of nitrogens with zero attached hydrogens (tertiary/aromatic N) is 1. The number of rotatable bonds is 5. The number of nitrogens with one attached hydrogen (secondary N) is 3. The van der Waals surface area contributed by atoms with Crippen LogP contribution in [-0.2, 0) is 11.0 Å². The molecule has 0 aliphatic carbocycles. The van der Waals surface area contributed by atoms with Crippen molar-refractivity contribution in [2.24, 2.45) is 0 Å². The summed E-state index contributed by atoms with van der Waals surface area (Å²) in [6.45, 7) is -1.48. The molecule has 2 heterocycles. The van der Waals surface area contributed by atoms with E-state index in [1.54, 1.807) is 0 Å². The van der Waals surface area contributed by atoms with E-state index in [1.807, 2.05) is 0 Å². The van der Waals surface area contributed by atoms with E-state index < -0.39 is 72.2 Å². The van der Waals surface area contributed by atoms with Crippen LogP contribution in [0.15, 0.2) is 42.5 Å². The molecule has 41 heavy (non-hydrogen) atoms. The molecule has 0 saturated heterocycles. The van der Waals surface area contributed by atoms with Gasteiger partial charge in [0.15, 0.2) is 0 Å². The summed E-state index contributed by atoms with van der Waals surface area (Å²) >= 11 is 6.25. The van der Waals surface area contributed by atoms with Crippen molar-refractivity contribution < 1.29 is 45.1 Å². The SMILES string of the molecule is O=C1CN(CC(F)F)c2cc(NC(=O)c3cc(F)cc(C(F)(F)F)c3)c3c(c2N1)C(=O)NC3c1cc(F)ccc1Cl. The molecular weight excluding hydrogens is 585 g/mol. The highest BCUT2D eigenvalue weighted by molar-refractivity contribution is 6.31. The zero-order valence-electron chi connectivity index (χ0n) is 20.3. The van der Waals surface area contributed by atoms with Gasteiger partial charge in [-0.05, 0) is 42.5 Å². The van der Waals surface area contributed by atoms with Gasteiger partial charge >= 0.3 is 6.18 Å². The quantitative estimate of drug-likeness (QED) is 0.326. The van der Waals surface area contributed by atoms with Gasteiger partial charge < -0.3 is 20.9 Å². The monoisotopic (exact) mass is 600 g/mol. The van der Waals surface area contributed by atoms with Gasteiger partial charge in [0.1, 0.15) is 11.6 Å². The molecule has 5 rings (SSSR count). The summed E-state index contributed by atoms with van der Waals surface area (Å²) in [7, 11) is 0. The van der Waals surface area contributed by atoms with E-state index in [0.717, 1.165) is 23.1 Å². The van der Waals surface area contributed by atoms with Crippen molar-refractivity contribution in [2.75, 3.05) is 28.6 Å².